The Morgan fingerprint density at radius 2 is 1.59 bits per heavy atom. The van der Waals surface area contributed by atoms with E-state index in [4.69, 9.17) is 33.7 Å². The number of fused-ring (bicyclic) bond motifs is 1. The number of carbonyl (C=O) groups excluding carboxylic acids is 5. The van der Waals surface area contributed by atoms with Crippen LogP contribution in [-0.2, 0) is 23.9 Å². The highest BCUT2D eigenvalue weighted by atomic mass is 35.5. The van der Waals surface area contributed by atoms with E-state index in [1.165, 1.54) is 4.90 Å². The van der Waals surface area contributed by atoms with E-state index in [0.717, 1.165) is 38.5 Å². The predicted molar refractivity (Wildman–Crippen MR) is 154 cm³/mol. The molecule has 4 rings (SSSR count). The lowest BCUT2D eigenvalue weighted by Gasteiger charge is -2.36. The van der Waals surface area contributed by atoms with E-state index in [2.05, 4.69) is 10.6 Å². The van der Waals surface area contributed by atoms with Crippen molar-refractivity contribution in [1.82, 2.24) is 15.5 Å². The van der Waals surface area contributed by atoms with Crippen LogP contribution in [0.5, 0.6) is 0 Å². The third kappa shape index (κ3) is 5.55. The molecule has 4 amide bonds. The normalized spacial score (nSPS) is 27.8. The van der Waals surface area contributed by atoms with Gasteiger partial charge < -0.3 is 26.0 Å². The summed E-state index contributed by atoms with van der Waals surface area (Å²) in [7, 11) is 0. The number of nitrogens with two attached hydrogens (primary N) is 1. The molecule has 0 bridgehead atoms. The largest absolute Gasteiger partial charge is 0.444 e. The Hall–Kier alpha value is -2.07. The van der Waals surface area contributed by atoms with E-state index in [-0.39, 0.29) is 18.9 Å². The van der Waals surface area contributed by atoms with Gasteiger partial charge in [-0.25, -0.2) is 4.79 Å². The molecule has 1 saturated heterocycles. The van der Waals surface area contributed by atoms with Crippen LogP contribution in [0.1, 0.15) is 92.9 Å². The van der Waals surface area contributed by atoms with Gasteiger partial charge in [-0.05, 0) is 57.8 Å². The van der Waals surface area contributed by atoms with E-state index >= 15 is 0 Å². The molecule has 0 aromatic heterocycles. The van der Waals surface area contributed by atoms with Crippen LogP contribution in [0, 0.1) is 22.2 Å². The number of hydrogen-bond acceptors (Lipinski definition) is 6. The molecule has 10 nitrogen and oxygen atoms in total. The maximum Gasteiger partial charge on any atom is 0.408 e. The highest BCUT2D eigenvalue weighted by Gasteiger charge is 2.89. The second-order valence-electron chi connectivity index (χ2n) is 14.5. The molecule has 12 heteroatoms. The molecule has 1 aliphatic heterocycles. The van der Waals surface area contributed by atoms with Crippen molar-refractivity contribution in [2.24, 2.45) is 27.9 Å². The van der Waals surface area contributed by atoms with Crippen molar-refractivity contribution in [3.8, 4) is 0 Å². The summed E-state index contributed by atoms with van der Waals surface area (Å²) in [6.07, 6.45) is 5.14. The number of nitrogens with one attached hydrogen (secondary N) is 2. The Labute approximate surface area is 252 Å². The van der Waals surface area contributed by atoms with Gasteiger partial charge in [0, 0.05) is 17.4 Å². The van der Waals surface area contributed by atoms with Crippen molar-refractivity contribution < 1.29 is 28.7 Å². The lowest BCUT2D eigenvalue weighted by molar-refractivity contribution is -0.143. The molecule has 1 unspecified atom stereocenters. The van der Waals surface area contributed by atoms with Crippen molar-refractivity contribution >= 4 is 52.8 Å². The molecule has 1 heterocycles. The summed E-state index contributed by atoms with van der Waals surface area (Å²) in [4.78, 5) is 66.9. The van der Waals surface area contributed by atoms with Crippen LogP contribution in [0.2, 0.25) is 0 Å². The molecule has 3 aliphatic carbocycles. The average molecular weight is 616 g/mol. The third-order valence-electron chi connectivity index (χ3n) is 9.65. The minimum Gasteiger partial charge on any atom is -0.444 e. The Kier molecular flexibility index (Phi) is 8.22. The number of amides is 4. The fourth-order valence-corrected chi connectivity index (χ4v) is 8.26. The summed E-state index contributed by atoms with van der Waals surface area (Å²) in [5, 5.41) is 5.47. The Morgan fingerprint density at radius 1 is 0.976 bits per heavy atom. The maximum atomic E-state index is 14.3. The number of rotatable bonds is 8. The summed E-state index contributed by atoms with van der Waals surface area (Å²) in [6.45, 7) is 10.7. The van der Waals surface area contributed by atoms with Gasteiger partial charge in [0.05, 0.1) is 6.04 Å². The molecule has 0 aromatic rings. The number of nitrogens with zero attached hydrogens (tertiary/aromatic N) is 1. The van der Waals surface area contributed by atoms with E-state index in [1.54, 1.807) is 20.8 Å². The molecule has 4 fully saturated rings. The van der Waals surface area contributed by atoms with E-state index < -0.39 is 73.9 Å². The summed E-state index contributed by atoms with van der Waals surface area (Å²) in [5.74, 6) is -2.80. The number of carbonyl (C=O) groups is 5. The average Bonchev–Trinajstić information content (AvgIpc) is 3.01. The molecule has 3 saturated carbocycles. The number of likely N-dealkylation sites (tertiary alicyclic amines) is 1. The molecule has 2 spiro atoms. The van der Waals surface area contributed by atoms with Gasteiger partial charge in [0.15, 0.2) is 0 Å². The van der Waals surface area contributed by atoms with E-state index in [0.29, 0.717) is 6.42 Å². The summed E-state index contributed by atoms with van der Waals surface area (Å²) >= 11 is 13.8. The maximum absolute atomic E-state index is 14.3. The monoisotopic (exact) mass is 614 g/mol. The number of alkyl carbamates (subject to hydrolysis) is 1. The van der Waals surface area contributed by atoms with Crippen LogP contribution in [-0.4, -0.2) is 69.1 Å². The van der Waals surface area contributed by atoms with E-state index in [9.17, 15) is 24.0 Å². The predicted octanol–water partition coefficient (Wildman–Crippen LogP) is 3.60. The van der Waals surface area contributed by atoms with Gasteiger partial charge in [-0.1, -0.05) is 46.5 Å². The molecule has 4 N–H and O–H groups in total. The zero-order valence-corrected chi connectivity index (χ0v) is 26.4. The van der Waals surface area contributed by atoms with Crippen LogP contribution in [0.4, 0.5) is 4.79 Å². The number of Topliss-reactive ketones (excluding diaryl/α,β-unsaturated/α-hetero) is 1. The van der Waals surface area contributed by atoms with Crippen molar-refractivity contribution in [3.05, 3.63) is 0 Å². The summed E-state index contributed by atoms with van der Waals surface area (Å²) < 4.78 is 4.31. The molecule has 41 heavy (non-hydrogen) atoms. The van der Waals surface area contributed by atoms with Crippen molar-refractivity contribution in [2.75, 3.05) is 6.54 Å². The van der Waals surface area contributed by atoms with Gasteiger partial charge in [-0.3, -0.25) is 19.2 Å². The molecule has 0 radical (unpaired) electrons. The molecular formula is C29H44Cl2N4O6. The zero-order valence-electron chi connectivity index (χ0n) is 24.9. The highest BCUT2D eigenvalue weighted by Crippen LogP contribution is 2.87. The fourth-order valence-electron chi connectivity index (χ4n) is 6.98. The number of ketones is 1. The fraction of sp³-hybridized carbons (Fsp3) is 0.828. The van der Waals surface area contributed by atoms with Crippen LogP contribution in [0.25, 0.3) is 0 Å². The standard InChI is InChI=1S/C29H44Cl2N4O6/c1-25(2,3)20(34-24(40)41-26(4,5)6)23(39)35-15-28(27(11-8-12-27)29(28,30)31)14-18(35)22(38)33-17(19(36)21(32)37)13-16-9-7-10-16/h16-18,20H,7-15H2,1-6H3,(H2,32,37)(H,33,38)(H,34,40)/t17?,18-,20+,28+/m0/s1. The number of hydrogen-bond donors (Lipinski definition) is 3. The quantitative estimate of drug-likeness (QED) is 0.281. The smallest absolute Gasteiger partial charge is 0.408 e. The number of ether oxygens (including phenoxy) is 1. The Bertz CT molecular complexity index is 1120. The second-order valence-corrected chi connectivity index (χ2v) is 15.9. The number of alkyl halides is 2. The highest BCUT2D eigenvalue weighted by molar-refractivity contribution is 6.52. The lowest BCUT2D eigenvalue weighted by atomic mass is 9.74. The molecule has 4 atom stereocenters. The Balaban J connectivity index is 1.63. The van der Waals surface area contributed by atoms with Gasteiger partial charge in [-0.2, -0.15) is 0 Å². The molecule has 230 valence electrons. The topological polar surface area (TPSA) is 148 Å². The van der Waals surface area contributed by atoms with Crippen LogP contribution >= 0.6 is 23.2 Å². The molecule has 4 aliphatic rings. The van der Waals surface area contributed by atoms with Gasteiger partial charge in [0.25, 0.3) is 5.91 Å². The molecular weight excluding hydrogens is 571 g/mol. The lowest BCUT2D eigenvalue weighted by Crippen LogP contribution is -2.59. The van der Waals surface area contributed by atoms with Crippen LogP contribution < -0.4 is 16.4 Å². The summed E-state index contributed by atoms with van der Waals surface area (Å²) in [6, 6.07) is -3.11. The first-order chi connectivity index (χ1) is 18.8. The zero-order chi connectivity index (χ0) is 30.8. The minimum atomic E-state index is -1.12. The Morgan fingerprint density at radius 3 is 2.00 bits per heavy atom. The van der Waals surface area contributed by atoms with Gasteiger partial charge in [-0.15, -0.1) is 23.2 Å². The number of halogens is 2. The number of primary amides is 1. The van der Waals surface area contributed by atoms with Crippen LogP contribution in [0.3, 0.4) is 0 Å². The summed E-state index contributed by atoms with van der Waals surface area (Å²) in [5.41, 5.74) is 2.69. The second kappa shape index (κ2) is 10.6. The van der Waals surface area contributed by atoms with Crippen molar-refractivity contribution in [1.29, 1.82) is 0 Å². The molecule has 0 aromatic carbocycles. The van der Waals surface area contributed by atoms with Crippen LogP contribution in [0.15, 0.2) is 0 Å². The first-order valence-electron chi connectivity index (χ1n) is 14.6. The SMILES string of the molecule is CC(C)(C)OC(=O)N[C@H](C(=O)N1C[C@@]2(C[C@H]1C(=O)NC(CC1CCC1)C(=O)C(N)=O)C(Cl)(Cl)C21CCC1)C(C)(C)C. The minimum absolute atomic E-state index is 0.135. The van der Waals surface area contributed by atoms with Crippen molar-refractivity contribution in [3.63, 3.8) is 0 Å². The van der Waals surface area contributed by atoms with Gasteiger partial charge >= 0.3 is 6.09 Å². The van der Waals surface area contributed by atoms with Gasteiger partial charge in [0.2, 0.25) is 17.6 Å². The van der Waals surface area contributed by atoms with Crippen molar-refractivity contribution in [2.45, 2.75) is 121 Å². The third-order valence-corrected chi connectivity index (χ3v) is 11.1. The first kappa shape index (κ1) is 31.9. The van der Waals surface area contributed by atoms with E-state index in [1.807, 2.05) is 20.8 Å². The first-order valence-corrected chi connectivity index (χ1v) is 15.3. The van der Waals surface area contributed by atoms with Gasteiger partial charge in [0.1, 0.15) is 22.0 Å².